The fraction of sp³-hybridized carbons (Fsp3) is 0.308. The third-order valence-electron chi connectivity index (χ3n) is 3.07. The molecule has 0 bridgehead atoms. The number of aromatic nitrogens is 1. The number of ketones is 1. The van der Waals surface area contributed by atoms with Gasteiger partial charge in [-0.05, 0) is 12.1 Å². The van der Waals surface area contributed by atoms with Crippen LogP contribution in [0.1, 0.15) is 10.4 Å². The molecule has 1 aliphatic rings. The Bertz CT molecular complexity index is 632. The molecule has 1 N–H and O–H groups in total. The first kappa shape index (κ1) is 12.9. The number of rotatable bonds is 2. The Morgan fingerprint density at radius 3 is 2.89 bits per heavy atom. The van der Waals surface area contributed by atoms with Gasteiger partial charge in [0.2, 0.25) is 0 Å². The zero-order chi connectivity index (χ0) is 13.4. The number of carbonyl (C=O) groups excluding carboxylic acids is 1. The van der Waals surface area contributed by atoms with E-state index in [9.17, 15) is 4.79 Å². The number of aromatic amines is 1. The molecule has 2 heterocycles. The smallest absolute Gasteiger partial charge is 0.196 e. The number of Topliss-reactive ketones (excluding diaryl/α,β-unsaturated/α-hetero) is 1. The number of benzene rings is 1. The molecule has 19 heavy (non-hydrogen) atoms. The van der Waals surface area contributed by atoms with E-state index in [0.717, 1.165) is 5.52 Å². The van der Waals surface area contributed by atoms with Gasteiger partial charge in [0.25, 0.3) is 0 Å². The van der Waals surface area contributed by atoms with Crippen molar-refractivity contribution < 1.29 is 14.3 Å². The first-order chi connectivity index (χ1) is 9.16. The molecule has 1 aromatic carbocycles. The zero-order valence-electron chi connectivity index (χ0n) is 9.91. The molecule has 1 saturated heterocycles. The minimum atomic E-state index is -0.570. The van der Waals surface area contributed by atoms with Gasteiger partial charge >= 0.3 is 0 Å². The molecule has 0 radical (unpaired) electrons. The lowest BCUT2D eigenvalue weighted by atomic mass is 10.1. The van der Waals surface area contributed by atoms with Crippen LogP contribution in [0.3, 0.4) is 0 Å². The van der Waals surface area contributed by atoms with Gasteiger partial charge in [-0.1, -0.05) is 23.2 Å². The second kappa shape index (κ2) is 5.13. The van der Waals surface area contributed by atoms with Crippen LogP contribution in [0.5, 0.6) is 0 Å². The van der Waals surface area contributed by atoms with E-state index in [1.165, 1.54) is 0 Å². The molecule has 0 saturated carbocycles. The molecule has 0 amide bonds. The number of carbonyl (C=O) groups is 1. The first-order valence-electron chi connectivity index (χ1n) is 5.86. The van der Waals surface area contributed by atoms with Crippen molar-refractivity contribution in [3.63, 3.8) is 0 Å². The maximum Gasteiger partial charge on any atom is 0.196 e. The molecule has 1 aliphatic heterocycles. The van der Waals surface area contributed by atoms with Crippen molar-refractivity contribution in [3.8, 4) is 0 Å². The van der Waals surface area contributed by atoms with E-state index in [0.29, 0.717) is 34.2 Å². The molecule has 0 spiro atoms. The quantitative estimate of drug-likeness (QED) is 0.867. The lowest BCUT2D eigenvalue weighted by molar-refractivity contribution is -0.0718. The van der Waals surface area contributed by atoms with Crippen LogP contribution in [0, 0.1) is 0 Å². The summed E-state index contributed by atoms with van der Waals surface area (Å²) < 4.78 is 10.7. The van der Waals surface area contributed by atoms with Crippen molar-refractivity contribution in [1.82, 2.24) is 4.98 Å². The van der Waals surface area contributed by atoms with Crippen LogP contribution in [-0.2, 0) is 9.47 Å². The van der Waals surface area contributed by atoms with E-state index in [-0.39, 0.29) is 12.4 Å². The monoisotopic (exact) mass is 299 g/mol. The van der Waals surface area contributed by atoms with Crippen LogP contribution < -0.4 is 0 Å². The van der Waals surface area contributed by atoms with Gasteiger partial charge in [-0.3, -0.25) is 4.79 Å². The van der Waals surface area contributed by atoms with E-state index >= 15 is 0 Å². The van der Waals surface area contributed by atoms with Gasteiger partial charge in [0.1, 0.15) is 6.10 Å². The van der Waals surface area contributed by atoms with Crippen LogP contribution in [0.2, 0.25) is 10.0 Å². The van der Waals surface area contributed by atoms with Crippen molar-refractivity contribution in [2.24, 2.45) is 0 Å². The maximum absolute atomic E-state index is 12.4. The van der Waals surface area contributed by atoms with Crippen LogP contribution in [0.25, 0.3) is 10.9 Å². The Labute approximate surface area is 119 Å². The number of hydrogen-bond donors (Lipinski definition) is 1. The van der Waals surface area contributed by atoms with Crippen molar-refractivity contribution in [1.29, 1.82) is 0 Å². The van der Waals surface area contributed by atoms with Gasteiger partial charge in [-0.25, -0.2) is 0 Å². The Balaban J connectivity index is 2.03. The predicted octanol–water partition coefficient (Wildman–Crippen LogP) is 3.07. The van der Waals surface area contributed by atoms with E-state index in [2.05, 4.69) is 4.98 Å². The van der Waals surface area contributed by atoms with Gasteiger partial charge in [0.15, 0.2) is 5.78 Å². The number of ether oxygens (including phenoxy) is 2. The van der Waals surface area contributed by atoms with Crippen LogP contribution in [0.4, 0.5) is 0 Å². The lowest BCUT2D eigenvalue weighted by Crippen LogP contribution is -2.35. The van der Waals surface area contributed by atoms with Crippen molar-refractivity contribution in [2.75, 3.05) is 19.8 Å². The van der Waals surface area contributed by atoms with Crippen LogP contribution in [0.15, 0.2) is 18.3 Å². The molecule has 0 aliphatic carbocycles. The molecule has 3 rings (SSSR count). The second-order valence-corrected chi connectivity index (χ2v) is 5.15. The lowest BCUT2D eigenvalue weighted by Gasteiger charge is -2.21. The highest BCUT2D eigenvalue weighted by atomic mass is 35.5. The molecule has 1 atom stereocenters. The SMILES string of the molecule is O=C(c1c[nH]c2cc(Cl)cc(Cl)c12)C1COCCO1. The largest absolute Gasteiger partial charge is 0.376 e. The summed E-state index contributed by atoms with van der Waals surface area (Å²) in [7, 11) is 0. The Morgan fingerprint density at radius 2 is 2.16 bits per heavy atom. The Hall–Kier alpha value is -1.07. The zero-order valence-corrected chi connectivity index (χ0v) is 11.4. The summed E-state index contributed by atoms with van der Waals surface area (Å²) in [4.78, 5) is 15.4. The molecular weight excluding hydrogens is 289 g/mol. The summed E-state index contributed by atoms with van der Waals surface area (Å²) in [5.74, 6) is -0.129. The summed E-state index contributed by atoms with van der Waals surface area (Å²) in [5.41, 5.74) is 1.24. The van der Waals surface area contributed by atoms with Crippen LogP contribution in [-0.4, -0.2) is 36.7 Å². The summed E-state index contributed by atoms with van der Waals surface area (Å²) >= 11 is 12.1. The fourth-order valence-corrected chi connectivity index (χ4v) is 2.79. The molecule has 100 valence electrons. The van der Waals surface area contributed by atoms with Gasteiger partial charge < -0.3 is 14.5 Å². The third kappa shape index (κ3) is 2.37. The average molecular weight is 300 g/mol. The van der Waals surface area contributed by atoms with Gasteiger partial charge in [0.05, 0.1) is 24.8 Å². The predicted molar refractivity (Wildman–Crippen MR) is 73.2 cm³/mol. The third-order valence-corrected chi connectivity index (χ3v) is 3.59. The summed E-state index contributed by atoms with van der Waals surface area (Å²) in [6, 6.07) is 3.35. The number of halogens is 2. The van der Waals surface area contributed by atoms with Crippen molar-refractivity contribution >= 4 is 39.9 Å². The molecular formula is C13H11Cl2NO3. The normalized spacial score (nSPS) is 19.8. The highest BCUT2D eigenvalue weighted by Gasteiger charge is 2.26. The fourth-order valence-electron chi connectivity index (χ4n) is 2.19. The van der Waals surface area contributed by atoms with Gasteiger partial charge in [0, 0.05) is 27.7 Å². The average Bonchev–Trinajstić information content (AvgIpc) is 2.83. The highest BCUT2D eigenvalue weighted by molar-refractivity contribution is 6.39. The second-order valence-electron chi connectivity index (χ2n) is 4.31. The Kier molecular flexibility index (Phi) is 3.50. The maximum atomic E-state index is 12.4. The van der Waals surface area contributed by atoms with Gasteiger partial charge in [-0.15, -0.1) is 0 Å². The van der Waals surface area contributed by atoms with Gasteiger partial charge in [-0.2, -0.15) is 0 Å². The summed E-state index contributed by atoms with van der Waals surface area (Å²) in [5, 5.41) is 1.64. The molecule has 1 unspecified atom stereocenters. The minimum Gasteiger partial charge on any atom is -0.376 e. The standard InChI is InChI=1S/C13H11Cl2NO3/c14-7-3-9(15)12-8(5-16-10(12)4-7)13(17)11-6-18-1-2-19-11/h3-5,11,16H,1-2,6H2. The number of nitrogens with one attached hydrogen (secondary N) is 1. The van der Waals surface area contributed by atoms with Crippen molar-refractivity contribution in [2.45, 2.75) is 6.10 Å². The van der Waals surface area contributed by atoms with Crippen LogP contribution >= 0.6 is 23.2 Å². The van der Waals surface area contributed by atoms with E-state index in [4.69, 9.17) is 32.7 Å². The number of hydrogen-bond acceptors (Lipinski definition) is 3. The molecule has 2 aromatic rings. The van der Waals surface area contributed by atoms with E-state index in [1.54, 1.807) is 18.3 Å². The van der Waals surface area contributed by atoms with Crippen molar-refractivity contribution in [3.05, 3.63) is 33.9 Å². The highest BCUT2D eigenvalue weighted by Crippen LogP contribution is 2.31. The summed E-state index contributed by atoms with van der Waals surface area (Å²) in [6.45, 7) is 1.23. The molecule has 4 nitrogen and oxygen atoms in total. The summed E-state index contributed by atoms with van der Waals surface area (Å²) in [6.07, 6.45) is 1.06. The van der Waals surface area contributed by atoms with E-state index < -0.39 is 6.10 Å². The Morgan fingerprint density at radius 1 is 1.32 bits per heavy atom. The minimum absolute atomic E-state index is 0.129. The first-order valence-corrected chi connectivity index (χ1v) is 6.62. The number of fused-ring (bicyclic) bond motifs is 1. The molecule has 1 fully saturated rings. The van der Waals surface area contributed by atoms with E-state index in [1.807, 2.05) is 0 Å². The molecule has 6 heteroatoms. The number of H-pyrrole nitrogens is 1. The molecule has 1 aromatic heterocycles. The topological polar surface area (TPSA) is 51.3 Å².